The molecule has 0 aliphatic heterocycles. The third-order valence-corrected chi connectivity index (χ3v) is 1.75. The molecule has 0 aliphatic carbocycles. The molecule has 0 heterocycles. The molecule has 2 N–H and O–H groups in total. The van der Waals surface area contributed by atoms with Crippen LogP contribution in [0.2, 0.25) is 0 Å². The van der Waals surface area contributed by atoms with Gasteiger partial charge in [0.25, 0.3) is 0 Å². The fourth-order valence-electron chi connectivity index (χ4n) is 0.922. The molecule has 13 heavy (non-hydrogen) atoms. The van der Waals surface area contributed by atoms with E-state index in [0.717, 1.165) is 5.56 Å². The number of aryl methyl sites for hydroxylation is 1. The highest BCUT2D eigenvalue weighted by Gasteiger charge is 2.02. The van der Waals surface area contributed by atoms with E-state index < -0.39 is 6.10 Å². The van der Waals surface area contributed by atoms with Crippen LogP contribution in [0.5, 0.6) is 5.75 Å². The van der Waals surface area contributed by atoms with Crippen molar-refractivity contribution in [2.75, 3.05) is 5.73 Å². The molecule has 1 aromatic carbocycles. The molecule has 1 unspecified atom stereocenters. The van der Waals surface area contributed by atoms with Crippen molar-refractivity contribution in [1.82, 2.24) is 0 Å². The van der Waals surface area contributed by atoms with E-state index in [1.54, 1.807) is 19.1 Å². The van der Waals surface area contributed by atoms with Gasteiger partial charge in [-0.1, -0.05) is 6.07 Å². The summed E-state index contributed by atoms with van der Waals surface area (Å²) in [5.41, 5.74) is 7.37. The Bertz CT molecular complexity index is 341. The van der Waals surface area contributed by atoms with Crippen LogP contribution in [0.3, 0.4) is 0 Å². The van der Waals surface area contributed by atoms with E-state index in [9.17, 15) is 0 Å². The zero-order chi connectivity index (χ0) is 9.84. The summed E-state index contributed by atoms with van der Waals surface area (Å²) in [5, 5.41) is 8.51. The summed E-state index contributed by atoms with van der Waals surface area (Å²) in [6, 6.07) is 7.38. The summed E-state index contributed by atoms with van der Waals surface area (Å²) in [4.78, 5) is 0. The Balaban J connectivity index is 2.81. The largest absolute Gasteiger partial charge is 0.476 e. The summed E-state index contributed by atoms with van der Waals surface area (Å²) in [6.07, 6.45) is -0.442. The molecule has 0 aromatic heterocycles. The number of nitriles is 1. The number of hydrogen-bond acceptors (Lipinski definition) is 3. The Kier molecular flexibility index (Phi) is 2.76. The molecule has 3 heteroatoms. The first kappa shape index (κ1) is 9.40. The van der Waals surface area contributed by atoms with Crippen molar-refractivity contribution in [1.29, 1.82) is 5.26 Å². The van der Waals surface area contributed by atoms with Crippen LogP contribution in [-0.4, -0.2) is 6.10 Å². The van der Waals surface area contributed by atoms with Crippen molar-refractivity contribution in [2.24, 2.45) is 0 Å². The summed E-state index contributed by atoms with van der Waals surface area (Å²) < 4.78 is 5.26. The fraction of sp³-hybridized carbons (Fsp3) is 0.300. The number of benzene rings is 1. The molecule has 1 aromatic rings. The van der Waals surface area contributed by atoms with Crippen LogP contribution in [0, 0.1) is 18.3 Å². The van der Waals surface area contributed by atoms with Gasteiger partial charge >= 0.3 is 0 Å². The first-order valence-corrected chi connectivity index (χ1v) is 4.06. The molecule has 1 atom stereocenters. The zero-order valence-electron chi connectivity index (χ0n) is 7.74. The van der Waals surface area contributed by atoms with Gasteiger partial charge in [-0.25, -0.2) is 0 Å². The Morgan fingerprint density at radius 2 is 2.23 bits per heavy atom. The smallest absolute Gasteiger partial charge is 0.181 e. The van der Waals surface area contributed by atoms with Crippen molar-refractivity contribution < 1.29 is 4.74 Å². The zero-order valence-corrected chi connectivity index (χ0v) is 7.74. The highest BCUT2D eigenvalue weighted by molar-refractivity contribution is 5.50. The van der Waals surface area contributed by atoms with Crippen LogP contribution < -0.4 is 10.5 Å². The molecule has 0 amide bonds. The average Bonchev–Trinajstić information content (AvgIpc) is 2.11. The first-order chi connectivity index (χ1) is 6.13. The quantitative estimate of drug-likeness (QED) is 0.700. The SMILES string of the molecule is Cc1ccc(OC(C)C#N)cc1N. The number of nitrogens with zero attached hydrogens (tertiary/aromatic N) is 1. The normalized spacial score (nSPS) is 11.8. The minimum absolute atomic E-state index is 0.442. The van der Waals surface area contributed by atoms with Crippen LogP contribution in [0.4, 0.5) is 5.69 Å². The van der Waals surface area contributed by atoms with Gasteiger partial charge in [-0.05, 0) is 25.5 Å². The second-order valence-electron chi connectivity index (χ2n) is 2.91. The minimum atomic E-state index is -0.442. The lowest BCUT2D eigenvalue weighted by Gasteiger charge is -2.08. The Morgan fingerprint density at radius 3 is 2.77 bits per heavy atom. The van der Waals surface area contributed by atoms with Crippen molar-refractivity contribution in [3.63, 3.8) is 0 Å². The lowest BCUT2D eigenvalue weighted by atomic mass is 10.2. The Hall–Kier alpha value is -1.69. The van der Waals surface area contributed by atoms with Gasteiger partial charge in [0, 0.05) is 11.8 Å². The molecule has 0 saturated carbocycles. The van der Waals surface area contributed by atoms with E-state index in [1.807, 2.05) is 19.1 Å². The van der Waals surface area contributed by atoms with Crippen molar-refractivity contribution in [3.05, 3.63) is 23.8 Å². The van der Waals surface area contributed by atoms with E-state index in [4.69, 9.17) is 15.7 Å². The lowest BCUT2D eigenvalue weighted by Crippen LogP contribution is -2.08. The molecule has 0 fully saturated rings. The number of ether oxygens (including phenoxy) is 1. The number of nitrogen functional groups attached to an aromatic ring is 1. The Labute approximate surface area is 77.7 Å². The third kappa shape index (κ3) is 2.38. The summed E-state index contributed by atoms with van der Waals surface area (Å²) >= 11 is 0. The van der Waals surface area contributed by atoms with E-state index in [-0.39, 0.29) is 0 Å². The molecule has 0 radical (unpaired) electrons. The average molecular weight is 176 g/mol. The van der Waals surface area contributed by atoms with E-state index in [2.05, 4.69) is 0 Å². The maximum Gasteiger partial charge on any atom is 0.181 e. The summed E-state index contributed by atoms with van der Waals surface area (Å²) in [7, 11) is 0. The molecule has 1 rings (SSSR count). The van der Waals surface area contributed by atoms with Crippen LogP contribution in [0.15, 0.2) is 18.2 Å². The standard InChI is InChI=1S/C10H12N2O/c1-7-3-4-9(5-10(7)12)13-8(2)6-11/h3-5,8H,12H2,1-2H3. The van der Waals surface area contributed by atoms with Gasteiger partial charge in [-0.15, -0.1) is 0 Å². The van der Waals surface area contributed by atoms with Gasteiger partial charge in [0.2, 0.25) is 0 Å². The van der Waals surface area contributed by atoms with Crippen LogP contribution in [-0.2, 0) is 0 Å². The second kappa shape index (κ2) is 3.81. The van der Waals surface area contributed by atoms with Gasteiger partial charge in [0.15, 0.2) is 6.10 Å². The lowest BCUT2D eigenvalue weighted by molar-refractivity contribution is 0.276. The molecule has 3 nitrogen and oxygen atoms in total. The van der Waals surface area contributed by atoms with Crippen molar-refractivity contribution in [3.8, 4) is 11.8 Å². The summed E-state index contributed by atoms with van der Waals surface area (Å²) in [6.45, 7) is 3.61. The van der Waals surface area contributed by atoms with Gasteiger partial charge < -0.3 is 10.5 Å². The predicted octanol–water partition coefficient (Wildman–Crippen LogP) is 1.87. The summed E-state index contributed by atoms with van der Waals surface area (Å²) in [5.74, 6) is 0.636. The predicted molar refractivity (Wildman–Crippen MR) is 51.3 cm³/mol. The van der Waals surface area contributed by atoms with Crippen LogP contribution in [0.25, 0.3) is 0 Å². The molecule has 0 aliphatic rings. The van der Waals surface area contributed by atoms with Crippen LogP contribution >= 0.6 is 0 Å². The third-order valence-electron chi connectivity index (χ3n) is 1.75. The maximum absolute atomic E-state index is 8.51. The minimum Gasteiger partial charge on any atom is -0.476 e. The topological polar surface area (TPSA) is 59.0 Å². The molecule has 0 spiro atoms. The number of rotatable bonds is 2. The monoisotopic (exact) mass is 176 g/mol. The fourth-order valence-corrected chi connectivity index (χ4v) is 0.922. The Morgan fingerprint density at radius 1 is 1.54 bits per heavy atom. The molecule has 0 bridgehead atoms. The van der Waals surface area contributed by atoms with E-state index in [1.165, 1.54) is 0 Å². The molecule has 0 saturated heterocycles. The highest BCUT2D eigenvalue weighted by Crippen LogP contribution is 2.19. The van der Waals surface area contributed by atoms with Gasteiger partial charge in [0.1, 0.15) is 11.8 Å². The molecular formula is C10H12N2O. The number of hydrogen-bond donors (Lipinski definition) is 1. The first-order valence-electron chi connectivity index (χ1n) is 4.06. The van der Waals surface area contributed by atoms with E-state index >= 15 is 0 Å². The van der Waals surface area contributed by atoms with Gasteiger partial charge in [-0.3, -0.25) is 0 Å². The van der Waals surface area contributed by atoms with Crippen molar-refractivity contribution in [2.45, 2.75) is 20.0 Å². The number of nitrogens with two attached hydrogens (primary N) is 1. The maximum atomic E-state index is 8.51. The van der Waals surface area contributed by atoms with Crippen molar-refractivity contribution >= 4 is 5.69 Å². The highest BCUT2D eigenvalue weighted by atomic mass is 16.5. The van der Waals surface area contributed by atoms with Gasteiger partial charge in [0.05, 0.1) is 0 Å². The number of anilines is 1. The van der Waals surface area contributed by atoms with E-state index in [0.29, 0.717) is 11.4 Å². The second-order valence-corrected chi connectivity index (χ2v) is 2.91. The molecule has 68 valence electrons. The van der Waals surface area contributed by atoms with Crippen LogP contribution in [0.1, 0.15) is 12.5 Å². The van der Waals surface area contributed by atoms with Gasteiger partial charge in [-0.2, -0.15) is 5.26 Å². The molecular weight excluding hydrogens is 164 g/mol.